The van der Waals surface area contributed by atoms with Crippen LogP contribution >= 0.6 is 23.2 Å². The van der Waals surface area contributed by atoms with Crippen LogP contribution < -0.4 is 5.56 Å². The van der Waals surface area contributed by atoms with Crippen molar-refractivity contribution in [3.8, 4) is 11.1 Å². The minimum Gasteiger partial charge on any atom is -0.378 e. The Balaban J connectivity index is 2.19. The van der Waals surface area contributed by atoms with E-state index in [0.717, 1.165) is 11.1 Å². The maximum Gasteiger partial charge on any atom is 0.276 e. The summed E-state index contributed by atoms with van der Waals surface area (Å²) in [7, 11) is 0. The Labute approximate surface area is 126 Å². The van der Waals surface area contributed by atoms with Gasteiger partial charge in [-0.3, -0.25) is 9.48 Å². The van der Waals surface area contributed by atoms with Crippen molar-refractivity contribution in [2.24, 2.45) is 0 Å². The molecule has 20 heavy (non-hydrogen) atoms. The van der Waals surface area contributed by atoms with E-state index in [2.05, 4.69) is 0 Å². The third kappa shape index (κ3) is 2.18. The van der Waals surface area contributed by atoms with Gasteiger partial charge in [0.25, 0.3) is 5.56 Å². The Kier molecular flexibility index (Phi) is 3.63. The van der Waals surface area contributed by atoms with E-state index in [1.807, 2.05) is 19.1 Å². The standard InChI is InChI=1S/C14H14Cl2N2O2/c1-9-8-10(2-3-11(9)15)12-13(16)17-4-6-20-7-5-18(17)14(12)19/h2-3,8H,4-7H2,1H3. The topological polar surface area (TPSA) is 36.2 Å². The van der Waals surface area contributed by atoms with Gasteiger partial charge in [0.2, 0.25) is 0 Å². The molecule has 2 heterocycles. The predicted octanol–water partition coefficient (Wildman–Crippen LogP) is 2.96. The van der Waals surface area contributed by atoms with Gasteiger partial charge in [0.15, 0.2) is 0 Å². The van der Waals surface area contributed by atoms with Gasteiger partial charge in [0.05, 0.1) is 31.9 Å². The van der Waals surface area contributed by atoms with Crippen molar-refractivity contribution in [1.29, 1.82) is 0 Å². The number of nitrogens with zero attached hydrogens (tertiary/aromatic N) is 2. The highest BCUT2D eigenvalue weighted by atomic mass is 35.5. The number of aryl methyl sites for hydroxylation is 1. The van der Waals surface area contributed by atoms with E-state index >= 15 is 0 Å². The van der Waals surface area contributed by atoms with E-state index in [0.29, 0.717) is 42.0 Å². The van der Waals surface area contributed by atoms with Crippen molar-refractivity contribution in [2.75, 3.05) is 13.2 Å². The molecule has 3 rings (SSSR count). The number of benzene rings is 1. The van der Waals surface area contributed by atoms with Crippen LogP contribution in [-0.4, -0.2) is 22.6 Å². The van der Waals surface area contributed by atoms with Gasteiger partial charge < -0.3 is 4.74 Å². The average molecular weight is 313 g/mol. The molecule has 1 aliphatic heterocycles. The molecule has 4 nitrogen and oxygen atoms in total. The van der Waals surface area contributed by atoms with Gasteiger partial charge in [0.1, 0.15) is 5.15 Å². The van der Waals surface area contributed by atoms with Crippen molar-refractivity contribution in [3.63, 3.8) is 0 Å². The summed E-state index contributed by atoms with van der Waals surface area (Å²) in [6.45, 7) is 4.10. The van der Waals surface area contributed by atoms with Crippen molar-refractivity contribution >= 4 is 23.2 Å². The molecule has 0 saturated heterocycles. The van der Waals surface area contributed by atoms with Crippen LogP contribution in [-0.2, 0) is 17.8 Å². The van der Waals surface area contributed by atoms with E-state index in [1.165, 1.54) is 0 Å². The maximum atomic E-state index is 12.6. The third-order valence-electron chi connectivity index (χ3n) is 3.51. The average Bonchev–Trinajstić information content (AvgIpc) is 2.62. The molecular formula is C14H14Cl2N2O2. The molecule has 6 heteroatoms. The summed E-state index contributed by atoms with van der Waals surface area (Å²) in [4.78, 5) is 12.6. The molecule has 0 aliphatic carbocycles. The van der Waals surface area contributed by atoms with Crippen LogP contribution in [0.2, 0.25) is 10.2 Å². The fourth-order valence-electron chi connectivity index (χ4n) is 2.45. The number of fused-ring (bicyclic) bond motifs is 1. The van der Waals surface area contributed by atoms with Gasteiger partial charge in [0, 0.05) is 5.02 Å². The number of halogens is 2. The van der Waals surface area contributed by atoms with Crippen LogP contribution in [0.4, 0.5) is 0 Å². The Morgan fingerprint density at radius 2 is 1.85 bits per heavy atom. The van der Waals surface area contributed by atoms with E-state index in [9.17, 15) is 4.79 Å². The molecule has 2 aromatic rings. The molecule has 1 aromatic carbocycles. The second-order valence-corrected chi connectivity index (χ2v) is 5.56. The van der Waals surface area contributed by atoms with Gasteiger partial charge in [-0.25, -0.2) is 4.68 Å². The number of hydrogen-bond acceptors (Lipinski definition) is 2. The first-order valence-corrected chi connectivity index (χ1v) is 7.18. The van der Waals surface area contributed by atoms with Crippen LogP contribution in [0.3, 0.4) is 0 Å². The minimum absolute atomic E-state index is 0.0813. The van der Waals surface area contributed by atoms with Crippen LogP contribution in [0.15, 0.2) is 23.0 Å². The highest BCUT2D eigenvalue weighted by molar-refractivity contribution is 6.32. The molecule has 0 atom stereocenters. The molecule has 0 amide bonds. The number of aromatic nitrogens is 2. The lowest BCUT2D eigenvalue weighted by molar-refractivity contribution is 0.137. The maximum absolute atomic E-state index is 12.6. The largest absolute Gasteiger partial charge is 0.378 e. The molecule has 0 spiro atoms. The van der Waals surface area contributed by atoms with Gasteiger partial charge in [-0.15, -0.1) is 0 Å². The first-order valence-electron chi connectivity index (χ1n) is 6.43. The smallest absolute Gasteiger partial charge is 0.276 e. The quantitative estimate of drug-likeness (QED) is 0.811. The van der Waals surface area contributed by atoms with Gasteiger partial charge in [-0.1, -0.05) is 29.3 Å². The zero-order valence-electron chi connectivity index (χ0n) is 11.0. The summed E-state index contributed by atoms with van der Waals surface area (Å²) in [5, 5.41) is 1.14. The second-order valence-electron chi connectivity index (χ2n) is 4.79. The molecule has 0 radical (unpaired) electrons. The molecule has 0 N–H and O–H groups in total. The van der Waals surface area contributed by atoms with Gasteiger partial charge in [-0.2, -0.15) is 0 Å². The molecule has 106 valence electrons. The molecule has 0 fully saturated rings. The summed E-state index contributed by atoms with van der Waals surface area (Å²) < 4.78 is 8.80. The van der Waals surface area contributed by atoms with Crippen molar-refractivity contribution in [3.05, 3.63) is 44.3 Å². The summed E-state index contributed by atoms with van der Waals surface area (Å²) in [6, 6.07) is 5.51. The lowest BCUT2D eigenvalue weighted by Gasteiger charge is -2.06. The SMILES string of the molecule is Cc1cc(-c2c(Cl)n3n(c2=O)CCOCC3)ccc1Cl. The Morgan fingerprint density at radius 1 is 1.15 bits per heavy atom. The monoisotopic (exact) mass is 312 g/mol. The lowest BCUT2D eigenvalue weighted by Crippen LogP contribution is -2.23. The van der Waals surface area contributed by atoms with Crippen LogP contribution in [0.5, 0.6) is 0 Å². The van der Waals surface area contributed by atoms with E-state index in [4.69, 9.17) is 27.9 Å². The molecule has 0 unspecified atom stereocenters. The first-order chi connectivity index (χ1) is 9.59. The lowest BCUT2D eigenvalue weighted by atomic mass is 10.1. The van der Waals surface area contributed by atoms with Crippen molar-refractivity contribution in [2.45, 2.75) is 20.0 Å². The Hall–Kier alpha value is -1.23. The minimum atomic E-state index is -0.0813. The normalized spacial score (nSPS) is 14.9. The fraction of sp³-hybridized carbons (Fsp3) is 0.357. The summed E-state index contributed by atoms with van der Waals surface area (Å²) in [5.74, 6) is 0. The first kappa shape index (κ1) is 13.7. The van der Waals surface area contributed by atoms with Crippen molar-refractivity contribution in [1.82, 2.24) is 9.36 Å². The van der Waals surface area contributed by atoms with Crippen LogP contribution in [0.1, 0.15) is 5.56 Å². The van der Waals surface area contributed by atoms with E-state index < -0.39 is 0 Å². The second kappa shape index (κ2) is 5.28. The van der Waals surface area contributed by atoms with Crippen molar-refractivity contribution < 1.29 is 4.74 Å². The number of ether oxygens (including phenoxy) is 1. The Morgan fingerprint density at radius 3 is 2.55 bits per heavy atom. The Bertz CT molecular complexity index is 719. The predicted molar refractivity (Wildman–Crippen MR) is 79.7 cm³/mol. The van der Waals surface area contributed by atoms with E-state index in [1.54, 1.807) is 15.4 Å². The summed E-state index contributed by atoms with van der Waals surface area (Å²) >= 11 is 12.4. The molecule has 1 aromatic heterocycles. The molecule has 1 aliphatic rings. The van der Waals surface area contributed by atoms with Crippen LogP contribution in [0, 0.1) is 6.92 Å². The summed E-state index contributed by atoms with van der Waals surface area (Å²) in [5.41, 5.74) is 2.18. The number of rotatable bonds is 1. The number of hydrogen-bond donors (Lipinski definition) is 0. The fourth-order valence-corrected chi connectivity index (χ4v) is 2.93. The summed E-state index contributed by atoms with van der Waals surface area (Å²) in [6.07, 6.45) is 0. The zero-order chi connectivity index (χ0) is 14.3. The highest BCUT2D eigenvalue weighted by Crippen LogP contribution is 2.28. The zero-order valence-corrected chi connectivity index (χ0v) is 12.5. The van der Waals surface area contributed by atoms with Gasteiger partial charge >= 0.3 is 0 Å². The van der Waals surface area contributed by atoms with Gasteiger partial charge in [-0.05, 0) is 30.2 Å². The molecular weight excluding hydrogens is 299 g/mol. The van der Waals surface area contributed by atoms with Crippen LogP contribution in [0.25, 0.3) is 11.1 Å². The van der Waals surface area contributed by atoms with E-state index in [-0.39, 0.29) is 5.56 Å². The molecule has 0 bridgehead atoms. The third-order valence-corrected chi connectivity index (χ3v) is 4.32. The highest BCUT2D eigenvalue weighted by Gasteiger charge is 2.21. The molecule has 0 saturated carbocycles.